The van der Waals surface area contributed by atoms with Gasteiger partial charge in [0.1, 0.15) is 11.4 Å². The number of carbonyl (C=O) groups is 1. The maximum atomic E-state index is 13.0. The number of hydrogen-bond acceptors (Lipinski definition) is 9. The smallest absolute Gasteiger partial charge is 0.332 e. The van der Waals surface area contributed by atoms with E-state index in [9.17, 15) is 14.4 Å². The molecule has 0 saturated carbocycles. The lowest BCUT2D eigenvalue weighted by Crippen LogP contribution is -2.43. The molecule has 164 valence electrons. The van der Waals surface area contributed by atoms with Crippen molar-refractivity contribution in [3.63, 3.8) is 0 Å². The minimum Gasteiger partial charge on any atom is -0.384 e. The molecule has 0 saturated heterocycles. The third-order valence-corrected chi connectivity index (χ3v) is 6.58. The number of nitrogens with two attached hydrogens (primary N) is 1. The Bertz CT molecular complexity index is 1360. The first kappa shape index (κ1) is 21.7. The van der Waals surface area contributed by atoms with Crippen LogP contribution in [0.1, 0.15) is 20.8 Å². The second-order valence-corrected chi connectivity index (χ2v) is 8.86. The van der Waals surface area contributed by atoms with Gasteiger partial charge in [0.2, 0.25) is 5.16 Å². The van der Waals surface area contributed by atoms with Crippen LogP contribution < -0.4 is 17.0 Å². The Balaban J connectivity index is 1.58. The van der Waals surface area contributed by atoms with E-state index in [1.54, 1.807) is 16.0 Å². The van der Waals surface area contributed by atoms with E-state index in [-0.39, 0.29) is 23.7 Å². The number of benzene rings is 1. The minimum absolute atomic E-state index is 0.103. The maximum absolute atomic E-state index is 13.0. The van der Waals surface area contributed by atoms with E-state index in [4.69, 9.17) is 5.73 Å². The van der Waals surface area contributed by atoms with Crippen molar-refractivity contribution in [3.8, 4) is 0 Å². The third kappa shape index (κ3) is 4.41. The van der Waals surface area contributed by atoms with Crippen molar-refractivity contribution in [2.75, 3.05) is 11.5 Å². The van der Waals surface area contributed by atoms with Crippen LogP contribution in [-0.4, -0.2) is 40.9 Å². The van der Waals surface area contributed by atoms with Crippen LogP contribution in [0, 0.1) is 0 Å². The van der Waals surface area contributed by atoms with Crippen LogP contribution in [0.4, 0.5) is 5.82 Å². The number of thiophene rings is 1. The number of aromatic nitrogens is 6. The van der Waals surface area contributed by atoms with Gasteiger partial charge in [-0.25, -0.2) is 9.48 Å². The maximum Gasteiger partial charge on any atom is 0.332 e. The molecular formula is C20H19N7O3S2. The summed E-state index contributed by atoms with van der Waals surface area (Å²) < 4.78 is 3.72. The first-order chi connectivity index (χ1) is 15.5. The number of nitrogen functional groups attached to an aromatic ring is 1. The van der Waals surface area contributed by atoms with E-state index in [0.29, 0.717) is 11.7 Å². The van der Waals surface area contributed by atoms with Gasteiger partial charge in [-0.05, 0) is 27.4 Å². The summed E-state index contributed by atoms with van der Waals surface area (Å²) in [5, 5.41) is 14.0. The highest BCUT2D eigenvalue weighted by Crippen LogP contribution is 2.19. The minimum atomic E-state index is -0.722. The summed E-state index contributed by atoms with van der Waals surface area (Å²) >= 11 is 2.68. The second-order valence-electron chi connectivity index (χ2n) is 6.89. The molecule has 12 heteroatoms. The highest BCUT2D eigenvalue weighted by molar-refractivity contribution is 7.99. The molecule has 32 heavy (non-hydrogen) atoms. The summed E-state index contributed by atoms with van der Waals surface area (Å²) in [5.41, 5.74) is 5.45. The molecule has 4 rings (SSSR count). The monoisotopic (exact) mass is 469 g/mol. The Morgan fingerprint density at radius 3 is 2.62 bits per heavy atom. The topological polar surface area (TPSA) is 131 Å². The van der Waals surface area contributed by atoms with E-state index in [1.165, 1.54) is 11.6 Å². The van der Waals surface area contributed by atoms with Gasteiger partial charge in [-0.2, -0.15) is 0 Å². The van der Waals surface area contributed by atoms with E-state index < -0.39 is 17.0 Å². The molecule has 0 aliphatic heterocycles. The number of rotatable bonds is 8. The van der Waals surface area contributed by atoms with Gasteiger partial charge >= 0.3 is 5.69 Å². The van der Waals surface area contributed by atoms with Crippen molar-refractivity contribution in [1.29, 1.82) is 0 Å². The van der Waals surface area contributed by atoms with Crippen LogP contribution in [0.25, 0.3) is 0 Å². The molecular weight excluding hydrogens is 450 g/mol. The number of carbonyl (C=O) groups excluding carboxylic acids is 1. The van der Waals surface area contributed by atoms with Gasteiger partial charge in [0.25, 0.3) is 5.56 Å². The quantitative estimate of drug-likeness (QED) is 0.301. The fourth-order valence-electron chi connectivity index (χ4n) is 3.12. The standard InChI is InChI=1S/C20H19N7O3S2/c1-25-18(29)16(17(21)26(20(25)30)10-13-6-3-2-4-7-13)15(28)12-32-19-22-23-24-27(19)11-14-8-5-9-31-14/h2-9H,10-12,21H2,1H3. The van der Waals surface area contributed by atoms with Crippen LogP contribution in [0.15, 0.2) is 62.6 Å². The Hall–Kier alpha value is -3.51. The van der Waals surface area contributed by atoms with Crippen molar-refractivity contribution < 1.29 is 4.79 Å². The zero-order valence-corrected chi connectivity index (χ0v) is 18.7. The molecule has 4 aromatic rings. The molecule has 10 nitrogen and oxygen atoms in total. The Morgan fingerprint density at radius 1 is 1.12 bits per heavy atom. The first-order valence-electron chi connectivity index (χ1n) is 9.53. The predicted molar refractivity (Wildman–Crippen MR) is 122 cm³/mol. The molecule has 1 aromatic carbocycles. The molecule has 0 amide bonds. The molecule has 0 fully saturated rings. The number of ketones is 1. The Labute approximate surface area is 190 Å². The molecule has 0 atom stereocenters. The number of hydrogen-bond donors (Lipinski definition) is 1. The first-order valence-corrected chi connectivity index (χ1v) is 11.4. The number of tetrazole rings is 1. The van der Waals surface area contributed by atoms with Gasteiger partial charge in [-0.15, -0.1) is 16.4 Å². The van der Waals surface area contributed by atoms with E-state index in [0.717, 1.165) is 26.8 Å². The van der Waals surface area contributed by atoms with Crippen LogP contribution in [0.3, 0.4) is 0 Å². The lowest BCUT2D eigenvalue weighted by Gasteiger charge is -2.14. The van der Waals surface area contributed by atoms with Gasteiger partial charge < -0.3 is 5.73 Å². The van der Waals surface area contributed by atoms with Crippen molar-refractivity contribution >= 4 is 34.7 Å². The molecule has 0 spiro atoms. The zero-order valence-electron chi connectivity index (χ0n) is 17.0. The lowest BCUT2D eigenvalue weighted by molar-refractivity contribution is 0.102. The fraction of sp³-hybridized carbons (Fsp3) is 0.200. The molecule has 2 N–H and O–H groups in total. The van der Waals surface area contributed by atoms with E-state index >= 15 is 0 Å². The molecule has 0 bridgehead atoms. The SMILES string of the molecule is Cn1c(=O)c(C(=O)CSc2nnnn2Cc2cccs2)c(N)n(Cc2ccccc2)c1=O. The van der Waals surface area contributed by atoms with Crippen LogP contribution in [-0.2, 0) is 20.1 Å². The highest BCUT2D eigenvalue weighted by atomic mass is 32.2. The molecule has 3 aromatic heterocycles. The van der Waals surface area contributed by atoms with Crippen LogP contribution in [0.2, 0.25) is 0 Å². The normalized spacial score (nSPS) is 11.0. The number of nitrogens with zero attached hydrogens (tertiary/aromatic N) is 6. The second kappa shape index (κ2) is 9.32. The van der Waals surface area contributed by atoms with Gasteiger partial charge in [-0.1, -0.05) is 48.2 Å². The predicted octanol–water partition coefficient (Wildman–Crippen LogP) is 1.25. The summed E-state index contributed by atoms with van der Waals surface area (Å²) in [6.45, 7) is 0.624. The van der Waals surface area contributed by atoms with Gasteiger partial charge in [0, 0.05) is 11.9 Å². The number of anilines is 1. The Kier molecular flexibility index (Phi) is 6.32. The van der Waals surface area contributed by atoms with Crippen molar-refractivity contribution in [2.24, 2.45) is 7.05 Å². The molecule has 0 unspecified atom stereocenters. The van der Waals surface area contributed by atoms with Crippen molar-refractivity contribution in [2.45, 2.75) is 18.2 Å². The fourth-order valence-corrected chi connectivity index (χ4v) is 4.55. The zero-order chi connectivity index (χ0) is 22.7. The number of thioether (sulfide) groups is 1. The average molecular weight is 470 g/mol. The highest BCUT2D eigenvalue weighted by Gasteiger charge is 2.22. The summed E-state index contributed by atoms with van der Waals surface area (Å²) in [5.74, 6) is -0.750. The van der Waals surface area contributed by atoms with Crippen LogP contribution in [0.5, 0.6) is 0 Å². The molecule has 3 heterocycles. The van der Waals surface area contributed by atoms with Gasteiger partial charge in [0.15, 0.2) is 5.78 Å². The molecule has 0 aliphatic rings. The van der Waals surface area contributed by atoms with E-state index in [1.807, 2.05) is 47.8 Å². The average Bonchev–Trinajstić information content (AvgIpc) is 3.47. The van der Waals surface area contributed by atoms with E-state index in [2.05, 4.69) is 15.5 Å². The Morgan fingerprint density at radius 2 is 1.91 bits per heavy atom. The van der Waals surface area contributed by atoms with Crippen LogP contribution >= 0.6 is 23.1 Å². The molecule has 0 radical (unpaired) electrons. The van der Waals surface area contributed by atoms with Crippen molar-refractivity contribution in [3.05, 3.63) is 84.7 Å². The number of Topliss-reactive ketones (excluding diaryl/α,β-unsaturated/α-hetero) is 1. The third-order valence-electron chi connectivity index (χ3n) is 4.76. The molecule has 0 aliphatic carbocycles. The van der Waals surface area contributed by atoms with Gasteiger partial charge in [0.05, 0.1) is 18.8 Å². The summed E-state index contributed by atoms with van der Waals surface area (Å²) in [6, 6.07) is 13.1. The summed E-state index contributed by atoms with van der Waals surface area (Å²) in [4.78, 5) is 39.4. The summed E-state index contributed by atoms with van der Waals surface area (Å²) in [6.07, 6.45) is 0. The van der Waals surface area contributed by atoms with Crippen molar-refractivity contribution in [1.82, 2.24) is 29.3 Å². The largest absolute Gasteiger partial charge is 0.384 e. The lowest BCUT2D eigenvalue weighted by atomic mass is 10.2. The summed E-state index contributed by atoms with van der Waals surface area (Å²) in [7, 11) is 1.33. The van der Waals surface area contributed by atoms with Gasteiger partial charge in [-0.3, -0.25) is 18.7 Å².